The Balaban J connectivity index is 1.63. The topological polar surface area (TPSA) is 99.4 Å². The van der Waals surface area contributed by atoms with E-state index in [0.29, 0.717) is 6.54 Å². The lowest BCUT2D eigenvalue weighted by Crippen LogP contribution is -2.23. The number of carbonyl (C=O) groups is 1. The molecule has 0 saturated carbocycles. The fourth-order valence-electron chi connectivity index (χ4n) is 1.80. The van der Waals surface area contributed by atoms with E-state index >= 15 is 0 Å². The summed E-state index contributed by atoms with van der Waals surface area (Å²) in [5.74, 6) is -0.253. The number of H-pyrrole nitrogens is 2. The van der Waals surface area contributed by atoms with Crippen molar-refractivity contribution in [2.75, 3.05) is 0 Å². The average molecular weight is 268 g/mol. The van der Waals surface area contributed by atoms with Crippen molar-refractivity contribution in [3.05, 3.63) is 54.0 Å². The highest BCUT2D eigenvalue weighted by Crippen LogP contribution is 2.16. The molecule has 1 aromatic carbocycles. The van der Waals surface area contributed by atoms with Gasteiger partial charge in [0.05, 0.1) is 11.9 Å². The zero-order valence-corrected chi connectivity index (χ0v) is 10.5. The molecule has 2 heterocycles. The maximum absolute atomic E-state index is 11.7. The van der Waals surface area contributed by atoms with Gasteiger partial charge < -0.3 is 5.32 Å². The van der Waals surface area contributed by atoms with Crippen molar-refractivity contribution in [3.63, 3.8) is 0 Å². The largest absolute Gasteiger partial charge is 0.347 e. The first-order valence-corrected chi connectivity index (χ1v) is 6.05. The standard InChI is InChI=1S/C13H12N6O/c20-13(12-8-16-19-18-12)14-7-9-1-3-10(4-2-9)11-5-6-15-17-11/h1-6,8H,7H2,(H,14,20)(H,15,17)(H,16,18,19). The van der Waals surface area contributed by atoms with E-state index < -0.39 is 0 Å². The molecule has 100 valence electrons. The molecule has 7 heteroatoms. The summed E-state index contributed by atoms with van der Waals surface area (Å²) < 4.78 is 0. The fraction of sp³-hybridized carbons (Fsp3) is 0.0769. The SMILES string of the molecule is O=C(NCc1ccc(-c2ccn[nH]2)cc1)c1cn[nH]n1. The summed E-state index contributed by atoms with van der Waals surface area (Å²) in [6.07, 6.45) is 3.10. The number of aromatic amines is 2. The van der Waals surface area contributed by atoms with Crippen LogP contribution >= 0.6 is 0 Å². The summed E-state index contributed by atoms with van der Waals surface area (Å²) in [7, 11) is 0. The van der Waals surface area contributed by atoms with Crippen LogP contribution in [0.4, 0.5) is 0 Å². The van der Waals surface area contributed by atoms with Crippen LogP contribution in [0.25, 0.3) is 11.3 Å². The number of aromatic nitrogens is 5. The van der Waals surface area contributed by atoms with E-state index in [1.807, 2.05) is 30.3 Å². The molecule has 1 amide bonds. The van der Waals surface area contributed by atoms with Crippen molar-refractivity contribution >= 4 is 5.91 Å². The van der Waals surface area contributed by atoms with E-state index in [-0.39, 0.29) is 11.6 Å². The zero-order valence-electron chi connectivity index (χ0n) is 10.5. The lowest BCUT2D eigenvalue weighted by Gasteiger charge is -2.04. The summed E-state index contributed by atoms with van der Waals surface area (Å²) in [4.78, 5) is 11.7. The van der Waals surface area contributed by atoms with Crippen LogP contribution in [-0.2, 0) is 6.54 Å². The van der Waals surface area contributed by atoms with E-state index in [2.05, 4.69) is 30.9 Å². The highest BCUT2D eigenvalue weighted by molar-refractivity contribution is 5.91. The Kier molecular flexibility index (Phi) is 3.24. The number of amides is 1. The van der Waals surface area contributed by atoms with Gasteiger partial charge in [-0.05, 0) is 17.2 Å². The van der Waals surface area contributed by atoms with Crippen molar-refractivity contribution in [1.29, 1.82) is 0 Å². The molecule has 0 fully saturated rings. The van der Waals surface area contributed by atoms with Gasteiger partial charge in [0.2, 0.25) is 0 Å². The third-order valence-corrected chi connectivity index (χ3v) is 2.87. The molecule has 0 radical (unpaired) electrons. The minimum absolute atomic E-state index is 0.253. The van der Waals surface area contributed by atoms with E-state index in [1.54, 1.807) is 6.20 Å². The molecule has 7 nitrogen and oxygen atoms in total. The molecular formula is C13H12N6O. The van der Waals surface area contributed by atoms with Crippen molar-refractivity contribution < 1.29 is 4.79 Å². The van der Waals surface area contributed by atoms with Crippen LogP contribution in [0.2, 0.25) is 0 Å². The van der Waals surface area contributed by atoms with Gasteiger partial charge >= 0.3 is 0 Å². The summed E-state index contributed by atoms with van der Waals surface area (Å²) >= 11 is 0. The Morgan fingerprint density at radius 2 is 2.00 bits per heavy atom. The van der Waals surface area contributed by atoms with Crippen molar-refractivity contribution in [3.8, 4) is 11.3 Å². The number of hydrogen-bond acceptors (Lipinski definition) is 4. The van der Waals surface area contributed by atoms with Crippen LogP contribution < -0.4 is 5.32 Å². The van der Waals surface area contributed by atoms with Gasteiger partial charge in [-0.15, -0.1) is 0 Å². The van der Waals surface area contributed by atoms with E-state index in [9.17, 15) is 4.79 Å². The minimum Gasteiger partial charge on any atom is -0.347 e. The number of benzene rings is 1. The highest BCUT2D eigenvalue weighted by Gasteiger charge is 2.07. The maximum atomic E-state index is 11.7. The second-order valence-electron chi connectivity index (χ2n) is 4.21. The number of rotatable bonds is 4. The third kappa shape index (κ3) is 2.56. The van der Waals surface area contributed by atoms with Crippen molar-refractivity contribution in [2.24, 2.45) is 0 Å². The number of nitrogens with zero attached hydrogens (tertiary/aromatic N) is 3. The predicted octanol–water partition coefficient (Wildman–Crippen LogP) is 1.12. The first-order chi connectivity index (χ1) is 9.83. The molecule has 2 aromatic heterocycles. The minimum atomic E-state index is -0.253. The van der Waals surface area contributed by atoms with Gasteiger partial charge in [-0.1, -0.05) is 24.3 Å². The van der Waals surface area contributed by atoms with Crippen molar-refractivity contribution in [1.82, 2.24) is 30.9 Å². The van der Waals surface area contributed by atoms with Gasteiger partial charge in [0, 0.05) is 12.7 Å². The number of nitrogens with one attached hydrogen (secondary N) is 3. The molecular weight excluding hydrogens is 256 g/mol. The smallest absolute Gasteiger partial charge is 0.273 e. The first-order valence-electron chi connectivity index (χ1n) is 6.05. The fourth-order valence-corrected chi connectivity index (χ4v) is 1.80. The summed E-state index contributed by atoms with van der Waals surface area (Å²) in [6, 6.07) is 9.77. The Morgan fingerprint density at radius 3 is 2.65 bits per heavy atom. The van der Waals surface area contributed by atoms with E-state index in [1.165, 1.54) is 6.20 Å². The monoisotopic (exact) mass is 268 g/mol. The number of carbonyl (C=O) groups excluding carboxylic acids is 1. The van der Waals surface area contributed by atoms with Gasteiger partial charge in [0.15, 0.2) is 5.69 Å². The lowest BCUT2D eigenvalue weighted by atomic mass is 10.1. The average Bonchev–Trinajstić information content (AvgIpc) is 3.18. The molecule has 3 aromatic rings. The van der Waals surface area contributed by atoms with Gasteiger partial charge in [0.25, 0.3) is 5.91 Å². The quantitative estimate of drug-likeness (QED) is 0.660. The number of hydrogen-bond donors (Lipinski definition) is 3. The van der Waals surface area contributed by atoms with Crippen LogP contribution in [0.1, 0.15) is 16.1 Å². The van der Waals surface area contributed by atoms with Crippen LogP contribution in [0, 0.1) is 0 Å². The third-order valence-electron chi connectivity index (χ3n) is 2.87. The van der Waals surface area contributed by atoms with Crippen LogP contribution in [0.3, 0.4) is 0 Å². The highest BCUT2D eigenvalue weighted by atomic mass is 16.1. The molecule has 0 aliphatic heterocycles. The summed E-state index contributed by atoms with van der Waals surface area (Å²) in [5.41, 5.74) is 3.29. The molecule has 0 aliphatic rings. The Bertz CT molecular complexity index is 672. The van der Waals surface area contributed by atoms with Gasteiger partial charge in [-0.25, -0.2) is 0 Å². The lowest BCUT2D eigenvalue weighted by molar-refractivity contribution is 0.0946. The summed E-state index contributed by atoms with van der Waals surface area (Å²) in [5, 5.41) is 19.3. The van der Waals surface area contributed by atoms with Crippen LogP contribution in [-0.4, -0.2) is 31.5 Å². The molecule has 3 N–H and O–H groups in total. The Labute approximate surface area is 114 Å². The zero-order chi connectivity index (χ0) is 13.8. The Morgan fingerprint density at radius 1 is 1.15 bits per heavy atom. The molecule has 0 unspecified atom stereocenters. The molecule has 20 heavy (non-hydrogen) atoms. The van der Waals surface area contributed by atoms with E-state index in [4.69, 9.17) is 0 Å². The van der Waals surface area contributed by atoms with Gasteiger partial charge in [-0.2, -0.15) is 20.5 Å². The molecule has 0 aliphatic carbocycles. The predicted molar refractivity (Wildman–Crippen MR) is 71.6 cm³/mol. The Hall–Kier alpha value is -2.96. The van der Waals surface area contributed by atoms with Gasteiger partial charge in [0.1, 0.15) is 0 Å². The summed E-state index contributed by atoms with van der Waals surface area (Å²) in [6.45, 7) is 0.439. The van der Waals surface area contributed by atoms with Crippen LogP contribution in [0.15, 0.2) is 42.7 Å². The molecule has 0 saturated heterocycles. The van der Waals surface area contributed by atoms with Crippen LogP contribution in [0.5, 0.6) is 0 Å². The molecule has 3 rings (SSSR count). The van der Waals surface area contributed by atoms with Gasteiger partial charge in [-0.3, -0.25) is 9.89 Å². The second-order valence-corrected chi connectivity index (χ2v) is 4.21. The normalized spacial score (nSPS) is 10.4. The van der Waals surface area contributed by atoms with E-state index in [0.717, 1.165) is 16.8 Å². The maximum Gasteiger partial charge on any atom is 0.273 e. The van der Waals surface area contributed by atoms with Crippen molar-refractivity contribution in [2.45, 2.75) is 6.54 Å². The second kappa shape index (κ2) is 5.35. The first kappa shape index (κ1) is 12.1. The molecule has 0 atom stereocenters. The molecule has 0 bridgehead atoms. The molecule has 0 spiro atoms.